The van der Waals surface area contributed by atoms with Gasteiger partial charge in [-0.2, -0.15) is 0 Å². The second kappa shape index (κ2) is 6.87. The molecule has 1 amide bonds. The van der Waals surface area contributed by atoms with Crippen molar-refractivity contribution >= 4 is 5.91 Å². The van der Waals surface area contributed by atoms with Gasteiger partial charge in [-0.05, 0) is 25.0 Å². The van der Waals surface area contributed by atoms with Gasteiger partial charge in [0.05, 0.1) is 19.3 Å². The molecule has 6 heteroatoms. The lowest BCUT2D eigenvalue weighted by molar-refractivity contribution is -0.0256. The van der Waals surface area contributed by atoms with Gasteiger partial charge in [0.25, 0.3) is 5.91 Å². The maximum absolute atomic E-state index is 12.6. The van der Waals surface area contributed by atoms with Crippen molar-refractivity contribution in [3.63, 3.8) is 0 Å². The average Bonchev–Trinajstić information content (AvgIpc) is 2.68. The molecular weight excluding hydrogens is 272 g/mol. The number of aliphatic hydroxyl groups is 2. The van der Waals surface area contributed by atoms with Crippen LogP contribution in [0.2, 0.25) is 0 Å². The lowest BCUT2D eigenvalue weighted by Crippen LogP contribution is -2.48. The fourth-order valence-corrected chi connectivity index (χ4v) is 2.78. The number of hydrogen-bond acceptors (Lipinski definition) is 5. The van der Waals surface area contributed by atoms with E-state index in [4.69, 9.17) is 4.74 Å². The van der Waals surface area contributed by atoms with Gasteiger partial charge in [-0.25, -0.2) is 4.98 Å². The van der Waals surface area contributed by atoms with Crippen LogP contribution in [0.15, 0.2) is 18.3 Å². The molecule has 0 saturated heterocycles. The molecule has 0 aromatic carbocycles. The number of likely N-dealkylation sites (N-methyl/N-ethyl adjacent to an activating group) is 1. The Hall–Kier alpha value is -1.66. The molecule has 0 unspecified atom stereocenters. The first-order chi connectivity index (χ1) is 10.1. The van der Waals surface area contributed by atoms with Crippen LogP contribution in [0.4, 0.5) is 0 Å². The number of hydrogen-bond donors (Lipinski definition) is 2. The van der Waals surface area contributed by atoms with Gasteiger partial charge >= 0.3 is 0 Å². The molecule has 1 heterocycles. The van der Waals surface area contributed by atoms with Crippen molar-refractivity contribution in [3.05, 3.63) is 23.9 Å². The summed E-state index contributed by atoms with van der Waals surface area (Å²) in [5.74, 6) is -0.00360. The molecule has 0 spiro atoms. The Bertz CT molecular complexity index is 494. The van der Waals surface area contributed by atoms with Gasteiger partial charge < -0.3 is 19.8 Å². The number of aliphatic hydroxyl groups excluding tert-OH is 2. The first-order valence-electron chi connectivity index (χ1n) is 7.18. The van der Waals surface area contributed by atoms with Crippen molar-refractivity contribution in [1.29, 1.82) is 0 Å². The Morgan fingerprint density at radius 1 is 1.38 bits per heavy atom. The molecule has 1 aliphatic rings. The van der Waals surface area contributed by atoms with Crippen LogP contribution < -0.4 is 4.74 Å². The first kappa shape index (κ1) is 15.7. The van der Waals surface area contributed by atoms with Crippen LogP contribution in [-0.4, -0.2) is 58.4 Å². The maximum Gasteiger partial charge on any atom is 0.259 e. The minimum atomic E-state index is -0.927. The number of amides is 1. The second-order valence-corrected chi connectivity index (χ2v) is 5.39. The number of ether oxygens (including phenoxy) is 1. The van der Waals surface area contributed by atoms with E-state index in [0.717, 1.165) is 12.8 Å². The second-order valence-electron chi connectivity index (χ2n) is 5.39. The highest BCUT2D eigenvalue weighted by atomic mass is 16.5. The number of aromatic nitrogens is 1. The summed E-state index contributed by atoms with van der Waals surface area (Å²) in [6, 6.07) is 2.91. The molecular formula is C15H22N2O4. The van der Waals surface area contributed by atoms with E-state index in [1.807, 2.05) is 0 Å². The lowest BCUT2D eigenvalue weighted by Gasteiger charge is -2.32. The summed E-state index contributed by atoms with van der Waals surface area (Å²) < 4.78 is 5.11. The monoisotopic (exact) mass is 294 g/mol. The fraction of sp³-hybridized carbons (Fsp3) is 0.600. The zero-order valence-corrected chi connectivity index (χ0v) is 12.4. The Morgan fingerprint density at radius 2 is 2.10 bits per heavy atom. The summed E-state index contributed by atoms with van der Waals surface area (Å²) in [6.45, 7) is 0. The van der Waals surface area contributed by atoms with Gasteiger partial charge in [-0.15, -0.1) is 0 Å². The summed E-state index contributed by atoms with van der Waals surface area (Å²) >= 11 is 0. The number of nitrogens with zero attached hydrogens (tertiary/aromatic N) is 2. The summed E-state index contributed by atoms with van der Waals surface area (Å²) in [6.07, 6.45) is 2.81. The molecule has 1 fully saturated rings. The van der Waals surface area contributed by atoms with E-state index in [1.54, 1.807) is 25.4 Å². The zero-order chi connectivity index (χ0) is 15.4. The fourth-order valence-electron chi connectivity index (χ4n) is 2.78. The van der Waals surface area contributed by atoms with Crippen LogP contribution in [0, 0.1) is 0 Å². The number of rotatable bonds is 3. The van der Waals surface area contributed by atoms with Crippen LogP contribution in [0.3, 0.4) is 0 Å². The van der Waals surface area contributed by atoms with Crippen molar-refractivity contribution in [3.8, 4) is 5.88 Å². The minimum absolute atomic E-state index is 0.262. The summed E-state index contributed by atoms with van der Waals surface area (Å²) in [5, 5.41) is 20.1. The van der Waals surface area contributed by atoms with Crippen molar-refractivity contribution in [2.24, 2.45) is 0 Å². The number of carbonyl (C=O) groups is 1. The molecule has 21 heavy (non-hydrogen) atoms. The van der Waals surface area contributed by atoms with E-state index in [-0.39, 0.29) is 11.8 Å². The summed E-state index contributed by atoms with van der Waals surface area (Å²) in [4.78, 5) is 18.1. The van der Waals surface area contributed by atoms with E-state index < -0.39 is 18.2 Å². The van der Waals surface area contributed by atoms with Crippen LogP contribution in [0.25, 0.3) is 0 Å². The summed E-state index contributed by atoms with van der Waals surface area (Å²) in [7, 11) is 3.10. The van der Waals surface area contributed by atoms with Gasteiger partial charge in [0.15, 0.2) is 0 Å². The predicted molar refractivity (Wildman–Crippen MR) is 77.2 cm³/mol. The maximum atomic E-state index is 12.6. The molecule has 1 saturated carbocycles. The largest absolute Gasteiger partial charge is 0.480 e. The highest BCUT2D eigenvalue weighted by molar-refractivity contribution is 5.96. The van der Waals surface area contributed by atoms with Gasteiger partial charge in [0, 0.05) is 13.2 Å². The molecule has 0 radical (unpaired) electrons. The first-order valence-corrected chi connectivity index (χ1v) is 7.18. The lowest BCUT2D eigenvalue weighted by atomic mass is 10.0. The third-order valence-corrected chi connectivity index (χ3v) is 4.05. The van der Waals surface area contributed by atoms with Crippen LogP contribution in [0.1, 0.15) is 36.0 Å². The third kappa shape index (κ3) is 3.33. The molecule has 1 aromatic rings. The topological polar surface area (TPSA) is 82.9 Å². The van der Waals surface area contributed by atoms with Crippen LogP contribution in [-0.2, 0) is 0 Å². The van der Waals surface area contributed by atoms with Gasteiger partial charge in [-0.1, -0.05) is 12.8 Å². The number of methoxy groups -OCH3 is 1. The van der Waals surface area contributed by atoms with E-state index >= 15 is 0 Å². The Labute approximate surface area is 124 Å². The van der Waals surface area contributed by atoms with Crippen molar-refractivity contribution in [2.75, 3.05) is 14.2 Å². The smallest absolute Gasteiger partial charge is 0.259 e. The molecule has 116 valence electrons. The predicted octanol–water partition coefficient (Wildman–Crippen LogP) is 0.827. The van der Waals surface area contributed by atoms with Gasteiger partial charge in [-0.3, -0.25) is 4.79 Å². The van der Waals surface area contributed by atoms with E-state index in [1.165, 1.54) is 12.0 Å². The average molecular weight is 294 g/mol. The van der Waals surface area contributed by atoms with E-state index in [9.17, 15) is 15.0 Å². The normalized spacial score (nSPS) is 26.0. The van der Waals surface area contributed by atoms with Gasteiger partial charge in [0.2, 0.25) is 5.88 Å². The standard InChI is InChI=1S/C15H22N2O4/c1-17(11-7-3-4-8-12(18)13(11)19)15(20)10-6-5-9-16-14(10)21-2/h5-6,9,11-13,18-19H,3-4,7-8H2,1-2H3/t11-,12-,13-/m1/s1. The third-order valence-electron chi connectivity index (χ3n) is 4.05. The highest BCUT2D eigenvalue weighted by Crippen LogP contribution is 2.25. The molecule has 2 N–H and O–H groups in total. The minimum Gasteiger partial charge on any atom is -0.480 e. The number of pyridine rings is 1. The Morgan fingerprint density at radius 3 is 2.81 bits per heavy atom. The van der Waals surface area contributed by atoms with Crippen molar-refractivity contribution in [1.82, 2.24) is 9.88 Å². The van der Waals surface area contributed by atoms with Crippen LogP contribution in [0.5, 0.6) is 5.88 Å². The van der Waals surface area contributed by atoms with Gasteiger partial charge in [0.1, 0.15) is 11.7 Å². The molecule has 2 rings (SSSR count). The van der Waals surface area contributed by atoms with Crippen LogP contribution >= 0.6 is 0 Å². The van der Waals surface area contributed by atoms with Crippen molar-refractivity contribution in [2.45, 2.75) is 43.9 Å². The Kier molecular flexibility index (Phi) is 5.14. The number of carbonyl (C=O) groups excluding carboxylic acids is 1. The van der Waals surface area contributed by atoms with E-state index in [2.05, 4.69) is 4.98 Å². The SMILES string of the molecule is COc1ncccc1C(=O)N(C)[C@@H]1CCCC[C@@H](O)[C@@H]1O. The van der Waals surface area contributed by atoms with E-state index in [0.29, 0.717) is 18.4 Å². The Balaban J connectivity index is 2.21. The summed E-state index contributed by atoms with van der Waals surface area (Å²) in [5.41, 5.74) is 0.355. The molecule has 3 atom stereocenters. The van der Waals surface area contributed by atoms with Crippen molar-refractivity contribution < 1.29 is 19.7 Å². The molecule has 6 nitrogen and oxygen atoms in total. The zero-order valence-electron chi connectivity index (χ0n) is 12.4. The molecule has 0 bridgehead atoms. The molecule has 1 aromatic heterocycles. The molecule has 1 aliphatic carbocycles. The highest BCUT2D eigenvalue weighted by Gasteiger charge is 2.34. The molecule has 0 aliphatic heterocycles. The quantitative estimate of drug-likeness (QED) is 0.807.